The average molecular weight is 647 g/mol. The lowest BCUT2D eigenvalue weighted by Crippen LogP contribution is -2.59. The minimum Gasteiger partial charge on any atom is -0.465 e. The number of methoxy groups -OCH3 is 1. The molecule has 3 aromatic rings. The summed E-state index contributed by atoms with van der Waals surface area (Å²) in [6, 6.07) is 18.8. The Morgan fingerprint density at radius 2 is 1.49 bits per heavy atom. The summed E-state index contributed by atoms with van der Waals surface area (Å²) < 4.78 is 4.80. The Hall–Kier alpha value is -4.44. The zero-order chi connectivity index (χ0) is 34.9. The van der Waals surface area contributed by atoms with E-state index < -0.39 is 59.1 Å². The maximum atomic E-state index is 14.0. The van der Waals surface area contributed by atoms with E-state index in [1.54, 1.807) is 0 Å². The Morgan fingerprint density at radius 1 is 0.851 bits per heavy atom. The van der Waals surface area contributed by atoms with Crippen LogP contribution in [0.5, 0.6) is 0 Å². The van der Waals surface area contributed by atoms with E-state index >= 15 is 0 Å². The molecule has 1 unspecified atom stereocenters. The maximum absolute atomic E-state index is 14.0. The molecule has 1 aromatic heterocycles. The van der Waals surface area contributed by atoms with Gasteiger partial charge in [0.2, 0.25) is 5.91 Å². The van der Waals surface area contributed by atoms with Gasteiger partial charge in [-0.3, -0.25) is 9.78 Å². The second-order valence-electron chi connectivity index (χ2n) is 14.3. The van der Waals surface area contributed by atoms with Crippen molar-refractivity contribution in [1.82, 2.24) is 20.9 Å². The smallest absolute Gasteiger partial charge is 0.407 e. The van der Waals surface area contributed by atoms with Crippen LogP contribution in [0.1, 0.15) is 70.6 Å². The van der Waals surface area contributed by atoms with Crippen molar-refractivity contribution in [2.75, 3.05) is 7.11 Å². The Labute approximate surface area is 278 Å². The number of carbonyl (C=O) groups excluding carboxylic acids is 2. The van der Waals surface area contributed by atoms with E-state index in [0.29, 0.717) is 6.42 Å². The van der Waals surface area contributed by atoms with Crippen molar-refractivity contribution < 1.29 is 29.3 Å². The number of benzene rings is 2. The highest BCUT2D eigenvalue weighted by atomic mass is 16.5. The molecule has 0 saturated carbocycles. The van der Waals surface area contributed by atoms with E-state index in [1.165, 1.54) is 7.11 Å². The number of hydrogen-bond acceptors (Lipinski definition) is 6. The van der Waals surface area contributed by atoms with Crippen LogP contribution in [0.2, 0.25) is 0 Å². The summed E-state index contributed by atoms with van der Waals surface area (Å²) in [6.45, 7) is 13.5. The number of alkyl carbamates (subject to hydrolysis) is 1. The van der Waals surface area contributed by atoms with Crippen molar-refractivity contribution in [3.63, 3.8) is 0 Å². The number of aliphatic hydroxyl groups excluding tert-OH is 1. The summed E-state index contributed by atoms with van der Waals surface area (Å²) in [6.07, 6.45) is -0.957. The number of ether oxygens (including phenoxy) is 1. The molecule has 2 aromatic carbocycles. The predicted octanol–water partition coefficient (Wildman–Crippen LogP) is 6.07. The largest absolute Gasteiger partial charge is 0.465 e. The molecule has 0 aliphatic rings. The molecule has 0 fully saturated rings. The SMILES string of the molecule is COC(=O)N[C@H](C(=O)N[C@@H](C(c1ccc(-c2ccc(C)cn2)cc1)C(C)(C)C)[C@@H](O)C[C@H](Cc1ccccc1)NC(=O)O)C(C)(C)C. The zero-order valence-electron chi connectivity index (χ0n) is 28.7. The molecule has 5 atom stereocenters. The third-order valence-electron chi connectivity index (χ3n) is 8.25. The van der Waals surface area contributed by atoms with Gasteiger partial charge in [0, 0.05) is 23.7 Å². The summed E-state index contributed by atoms with van der Waals surface area (Å²) in [5, 5.41) is 30.0. The number of hydrogen-bond donors (Lipinski definition) is 5. The van der Waals surface area contributed by atoms with Gasteiger partial charge in [0.1, 0.15) is 6.04 Å². The number of amides is 3. The number of aryl methyl sites for hydroxylation is 1. The first-order valence-corrected chi connectivity index (χ1v) is 15.9. The Kier molecular flexibility index (Phi) is 12.5. The van der Waals surface area contributed by atoms with Crippen LogP contribution < -0.4 is 16.0 Å². The first-order valence-electron chi connectivity index (χ1n) is 15.9. The van der Waals surface area contributed by atoms with E-state index in [4.69, 9.17) is 4.74 Å². The third-order valence-corrected chi connectivity index (χ3v) is 8.25. The van der Waals surface area contributed by atoms with Crippen LogP contribution in [0.3, 0.4) is 0 Å². The van der Waals surface area contributed by atoms with Gasteiger partial charge >= 0.3 is 12.2 Å². The van der Waals surface area contributed by atoms with Crippen molar-refractivity contribution in [1.29, 1.82) is 0 Å². The number of pyridine rings is 1. The molecule has 0 saturated heterocycles. The number of rotatable bonds is 12. The van der Waals surface area contributed by atoms with E-state index in [9.17, 15) is 24.6 Å². The third kappa shape index (κ3) is 10.8. The minimum absolute atomic E-state index is 0.0225. The number of nitrogens with zero attached hydrogens (tertiary/aromatic N) is 1. The molecular weight excluding hydrogens is 596 g/mol. The summed E-state index contributed by atoms with van der Waals surface area (Å²) in [4.78, 5) is 42.7. The Morgan fingerprint density at radius 3 is 2.00 bits per heavy atom. The number of nitrogens with one attached hydrogen (secondary N) is 3. The fraction of sp³-hybridized carbons (Fsp3) is 0.459. The highest BCUT2D eigenvalue weighted by molar-refractivity contribution is 5.86. The Bertz CT molecular complexity index is 1460. The van der Waals surface area contributed by atoms with Crippen LogP contribution in [0.15, 0.2) is 72.9 Å². The molecule has 3 rings (SSSR count). The fourth-order valence-electron chi connectivity index (χ4n) is 5.95. The molecule has 254 valence electrons. The van der Waals surface area contributed by atoms with Crippen molar-refractivity contribution >= 4 is 18.1 Å². The molecule has 0 spiro atoms. The van der Waals surface area contributed by atoms with Crippen LogP contribution in [0.25, 0.3) is 11.3 Å². The van der Waals surface area contributed by atoms with Crippen molar-refractivity contribution in [2.45, 2.75) is 91.5 Å². The second kappa shape index (κ2) is 15.9. The standard InChI is InChI=1S/C37H50N4O6/c1-23-14-19-28(38-22-23)25-15-17-26(18-16-25)30(36(2,3)4)31(40-33(43)32(37(5,6)7)41-35(46)47-8)29(42)21-27(39-34(44)45)20-24-12-10-9-11-13-24/h9-19,22,27,29-32,39,42H,20-21H2,1-8H3,(H,40,43)(H,41,46)(H,44,45)/t27-,29-,30?,31+,32+/m0/s1. The molecule has 0 radical (unpaired) electrons. The van der Waals surface area contributed by atoms with Crippen molar-refractivity contribution in [2.24, 2.45) is 10.8 Å². The van der Waals surface area contributed by atoms with Crippen LogP contribution in [-0.2, 0) is 16.0 Å². The molecule has 0 aliphatic carbocycles. The van der Waals surface area contributed by atoms with Crippen molar-refractivity contribution in [3.8, 4) is 11.3 Å². The lowest BCUT2D eigenvalue weighted by Gasteiger charge is -2.42. The monoisotopic (exact) mass is 646 g/mol. The van der Waals surface area contributed by atoms with Gasteiger partial charge in [-0.05, 0) is 53.4 Å². The molecule has 0 bridgehead atoms. The number of carbonyl (C=O) groups is 3. The lowest BCUT2D eigenvalue weighted by molar-refractivity contribution is -0.127. The fourth-order valence-corrected chi connectivity index (χ4v) is 5.95. The van der Waals surface area contributed by atoms with Gasteiger partial charge in [0.25, 0.3) is 0 Å². The zero-order valence-corrected chi connectivity index (χ0v) is 28.7. The first kappa shape index (κ1) is 37.0. The Balaban J connectivity index is 2.07. The molecule has 0 aliphatic heterocycles. The van der Waals surface area contributed by atoms with Crippen LogP contribution in [0.4, 0.5) is 9.59 Å². The molecule has 5 N–H and O–H groups in total. The van der Waals surface area contributed by atoms with Gasteiger partial charge in [0.15, 0.2) is 0 Å². The number of aromatic nitrogens is 1. The average Bonchev–Trinajstić information content (AvgIpc) is 2.99. The lowest BCUT2D eigenvalue weighted by atomic mass is 9.70. The summed E-state index contributed by atoms with van der Waals surface area (Å²) >= 11 is 0. The van der Waals surface area contributed by atoms with Gasteiger partial charge in [-0.1, -0.05) is 102 Å². The van der Waals surface area contributed by atoms with E-state index in [1.807, 2.05) is 121 Å². The second-order valence-corrected chi connectivity index (χ2v) is 14.3. The highest BCUT2D eigenvalue weighted by Gasteiger charge is 2.42. The number of carboxylic acid groups (broad SMARTS) is 1. The topological polar surface area (TPSA) is 150 Å². The van der Waals surface area contributed by atoms with Gasteiger partial charge < -0.3 is 30.9 Å². The van der Waals surface area contributed by atoms with Gasteiger partial charge in [0.05, 0.1) is 24.9 Å². The molecular formula is C37H50N4O6. The van der Waals surface area contributed by atoms with Gasteiger partial charge in [-0.15, -0.1) is 0 Å². The summed E-state index contributed by atoms with van der Waals surface area (Å²) in [5.74, 6) is -0.921. The molecule has 3 amide bonds. The van der Waals surface area contributed by atoms with Crippen LogP contribution in [0, 0.1) is 17.8 Å². The predicted molar refractivity (Wildman–Crippen MR) is 183 cm³/mol. The molecule has 10 nitrogen and oxygen atoms in total. The highest BCUT2D eigenvalue weighted by Crippen LogP contribution is 2.40. The maximum Gasteiger partial charge on any atom is 0.407 e. The quantitative estimate of drug-likeness (QED) is 0.160. The first-order chi connectivity index (χ1) is 22.0. The normalized spacial score (nSPS) is 15.0. The van der Waals surface area contributed by atoms with E-state index in [2.05, 4.69) is 20.9 Å². The molecule has 47 heavy (non-hydrogen) atoms. The van der Waals surface area contributed by atoms with Gasteiger partial charge in [-0.2, -0.15) is 0 Å². The van der Waals surface area contributed by atoms with E-state index in [-0.39, 0.29) is 6.42 Å². The molecule has 1 heterocycles. The van der Waals surface area contributed by atoms with E-state index in [0.717, 1.165) is 27.9 Å². The summed E-state index contributed by atoms with van der Waals surface area (Å²) in [5.41, 5.74) is 3.40. The minimum atomic E-state index is -1.21. The number of aliphatic hydroxyl groups is 1. The van der Waals surface area contributed by atoms with Crippen molar-refractivity contribution in [3.05, 3.63) is 89.6 Å². The summed E-state index contributed by atoms with van der Waals surface area (Å²) in [7, 11) is 1.23. The molecule has 10 heteroatoms. The van der Waals surface area contributed by atoms with Crippen LogP contribution in [-0.4, -0.2) is 64.6 Å². The van der Waals surface area contributed by atoms with Crippen LogP contribution >= 0.6 is 0 Å². The van der Waals surface area contributed by atoms with Gasteiger partial charge in [-0.25, -0.2) is 9.59 Å².